The van der Waals surface area contributed by atoms with Gasteiger partial charge in [-0.05, 0) is 30.5 Å². The molecule has 2 N–H and O–H groups in total. The van der Waals surface area contributed by atoms with Gasteiger partial charge < -0.3 is 20.1 Å². The van der Waals surface area contributed by atoms with Gasteiger partial charge in [-0.25, -0.2) is 0 Å². The summed E-state index contributed by atoms with van der Waals surface area (Å²) in [6.45, 7) is 0.596. The van der Waals surface area contributed by atoms with Gasteiger partial charge in [0.15, 0.2) is 11.5 Å². The van der Waals surface area contributed by atoms with Crippen LogP contribution in [0.25, 0.3) is 0 Å². The Morgan fingerprint density at radius 3 is 2.75 bits per heavy atom. The molecule has 1 aliphatic heterocycles. The van der Waals surface area contributed by atoms with Gasteiger partial charge in [-0.15, -0.1) is 0 Å². The largest absolute Gasteiger partial charge is 0.454 e. The van der Waals surface area contributed by atoms with Crippen molar-refractivity contribution in [2.45, 2.75) is 31.8 Å². The second-order valence-corrected chi connectivity index (χ2v) is 4.98. The lowest BCUT2D eigenvalue weighted by Crippen LogP contribution is -2.32. The molecular weight excluding hydrogens is 260 g/mol. The van der Waals surface area contributed by atoms with Crippen LogP contribution in [0.1, 0.15) is 24.8 Å². The maximum Gasteiger partial charge on any atom is 0.231 e. The van der Waals surface area contributed by atoms with Gasteiger partial charge in [-0.1, -0.05) is 6.07 Å². The van der Waals surface area contributed by atoms with Crippen molar-refractivity contribution in [3.05, 3.63) is 23.8 Å². The quantitative estimate of drug-likeness (QED) is 0.776. The van der Waals surface area contributed by atoms with E-state index in [0.717, 1.165) is 18.4 Å². The van der Waals surface area contributed by atoms with Gasteiger partial charge in [0.2, 0.25) is 18.6 Å². The standard InChI is InChI=1S/C14H16N2O4/c17-13(6-14(18)16-10-2-3-10)15-7-9-1-4-11-12(5-9)20-8-19-11/h1,4-5,10H,2-3,6-8H2,(H,15,17)(H,16,18). The van der Waals surface area contributed by atoms with Gasteiger partial charge in [-0.2, -0.15) is 0 Å². The van der Waals surface area contributed by atoms with Crippen molar-refractivity contribution in [2.75, 3.05) is 6.79 Å². The molecule has 0 unspecified atom stereocenters. The minimum Gasteiger partial charge on any atom is -0.454 e. The lowest BCUT2D eigenvalue weighted by Gasteiger charge is -2.06. The van der Waals surface area contributed by atoms with Crippen LogP contribution in [0.3, 0.4) is 0 Å². The summed E-state index contributed by atoms with van der Waals surface area (Å²) >= 11 is 0. The van der Waals surface area contributed by atoms with E-state index in [4.69, 9.17) is 9.47 Å². The molecule has 2 amide bonds. The van der Waals surface area contributed by atoms with Crippen molar-refractivity contribution in [2.24, 2.45) is 0 Å². The van der Waals surface area contributed by atoms with E-state index >= 15 is 0 Å². The molecule has 6 nitrogen and oxygen atoms in total. The predicted molar refractivity (Wildman–Crippen MR) is 70.2 cm³/mol. The molecule has 1 fully saturated rings. The Bertz CT molecular complexity index is 540. The predicted octanol–water partition coefficient (Wildman–Crippen LogP) is 0.700. The molecule has 1 saturated carbocycles. The van der Waals surface area contributed by atoms with E-state index in [-0.39, 0.29) is 31.1 Å². The van der Waals surface area contributed by atoms with Gasteiger partial charge in [-0.3, -0.25) is 9.59 Å². The molecule has 20 heavy (non-hydrogen) atoms. The minimum atomic E-state index is -0.277. The highest BCUT2D eigenvalue weighted by Gasteiger charge is 2.24. The highest BCUT2D eigenvalue weighted by molar-refractivity contribution is 5.97. The summed E-state index contributed by atoms with van der Waals surface area (Å²) in [7, 11) is 0. The average Bonchev–Trinajstić information content (AvgIpc) is 3.10. The Balaban J connectivity index is 1.46. The molecule has 2 aliphatic rings. The number of carbonyl (C=O) groups excluding carboxylic acids is 2. The fourth-order valence-corrected chi connectivity index (χ4v) is 1.97. The van der Waals surface area contributed by atoms with Crippen LogP contribution in [0.2, 0.25) is 0 Å². The summed E-state index contributed by atoms with van der Waals surface area (Å²) < 4.78 is 10.5. The third kappa shape index (κ3) is 3.20. The van der Waals surface area contributed by atoms with E-state index in [1.807, 2.05) is 18.2 Å². The number of carbonyl (C=O) groups is 2. The van der Waals surface area contributed by atoms with Crippen LogP contribution in [0.5, 0.6) is 11.5 Å². The van der Waals surface area contributed by atoms with E-state index in [0.29, 0.717) is 18.0 Å². The first-order valence-corrected chi connectivity index (χ1v) is 6.65. The molecule has 1 heterocycles. The van der Waals surface area contributed by atoms with E-state index < -0.39 is 0 Å². The van der Waals surface area contributed by atoms with Gasteiger partial charge in [0.1, 0.15) is 6.42 Å². The van der Waals surface area contributed by atoms with Gasteiger partial charge in [0.05, 0.1) is 0 Å². The summed E-state index contributed by atoms with van der Waals surface area (Å²) in [4.78, 5) is 23.1. The third-order valence-corrected chi connectivity index (χ3v) is 3.19. The molecule has 0 aromatic heterocycles. The van der Waals surface area contributed by atoms with Crippen molar-refractivity contribution < 1.29 is 19.1 Å². The van der Waals surface area contributed by atoms with Crippen molar-refractivity contribution in [3.63, 3.8) is 0 Å². The summed E-state index contributed by atoms with van der Waals surface area (Å²) in [5.74, 6) is 0.906. The summed E-state index contributed by atoms with van der Waals surface area (Å²) in [6, 6.07) is 5.78. The van der Waals surface area contributed by atoms with Gasteiger partial charge in [0.25, 0.3) is 0 Å². The van der Waals surface area contributed by atoms with E-state index in [2.05, 4.69) is 10.6 Å². The molecule has 6 heteroatoms. The summed E-state index contributed by atoms with van der Waals surface area (Å²) in [5.41, 5.74) is 0.908. The van der Waals surface area contributed by atoms with Crippen molar-refractivity contribution in [1.29, 1.82) is 0 Å². The third-order valence-electron chi connectivity index (χ3n) is 3.19. The molecule has 0 atom stereocenters. The Labute approximate surface area is 116 Å². The monoisotopic (exact) mass is 276 g/mol. The highest BCUT2D eigenvalue weighted by atomic mass is 16.7. The van der Waals surface area contributed by atoms with E-state index in [9.17, 15) is 9.59 Å². The van der Waals surface area contributed by atoms with Crippen LogP contribution in [0.15, 0.2) is 18.2 Å². The van der Waals surface area contributed by atoms with Crippen molar-refractivity contribution in [3.8, 4) is 11.5 Å². The fraction of sp³-hybridized carbons (Fsp3) is 0.429. The molecular formula is C14H16N2O4. The van der Waals surface area contributed by atoms with Gasteiger partial charge >= 0.3 is 0 Å². The molecule has 106 valence electrons. The molecule has 0 radical (unpaired) electrons. The lowest BCUT2D eigenvalue weighted by atomic mass is 10.2. The normalized spacial score (nSPS) is 15.8. The van der Waals surface area contributed by atoms with Crippen LogP contribution in [-0.2, 0) is 16.1 Å². The molecule has 1 aliphatic carbocycles. The minimum absolute atomic E-state index is 0.124. The Hall–Kier alpha value is -2.24. The smallest absolute Gasteiger partial charge is 0.231 e. The molecule has 0 bridgehead atoms. The zero-order valence-electron chi connectivity index (χ0n) is 11.0. The van der Waals surface area contributed by atoms with Crippen LogP contribution < -0.4 is 20.1 Å². The maximum atomic E-state index is 11.6. The summed E-state index contributed by atoms with van der Waals surface area (Å²) in [5, 5.41) is 5.50. The van der Waals surface area contributed by atoms with E-state index in [1.165, 1.54) is 0 Å². The fourth-order valence-electron chi connectivity index (χ4n) is 1.97. The maximum absolute atomic E-state index is 11.6. The summed E-state index contributed by atoms with van der Waals surface area (Å²) in [6.07, 6.45) is 1.91. The average molecular weight is 276 g/mol. The number of amides is 2. The lowest BCUT2D eigenvalue weighted by molar-refractivity contribution is -0.129. The molecule has 3 rings (SSSR count). The number of hydrogen-bond donors (Lipinski definition) is 2. The Morgan fingerprint density at radius 2 is 1.95 bits per heavy atom. The van der Waals surface area contributed by atoms with E-state index in [1.54, 1.807) is 0 Å². The van der Waals surface area contributed by atoms with Crippen LogP contribution >= 0.6 is 0 Å². The number of nitrogens with one attached hydrogen (secondary N) is 2. The first-order valence-electron chi connectivity index (χ1n) is 6.65. The molecule has 1 aromatic rings. The van der Waals surface area contributed by atoms with Crippen molar-refractivity contribution >= 4 is 11.8 Å². The zero-order valence-corrected chi connectivity index (χ0v) is 11.0. The molecule has 0 saturated heterocycles. The molecule has 1 aromatic carbocycles. The highest BCUT2D eigenvalue weighted by Crippen LogP contribution is 2.32. The topological polar surface area (TPSA) is 76.7 Å². The van der Waals surface area contributed by atoms with Crippen LogP contribution in [0.4, 0.5) is 0 Å². The Kier molecular flexibility index (Phi) is 3.45. The van der Waals surface area contributed by atoms with Crippen LogP contribution in [0, 0.1) is 0 Å². The number of fused-ring (bicyclic) bond motifs is 1. The first kappa shape index (κ1) is 12.8. The van der Waals surface area contributed by atoms with Crippen LogP contribution in [-0.4, -0.2) is 24.6 Å². The number of rotatable bonds is 5. The SMILES string of the molecule is O=C(CC(=O)NC1CC1)NCc1ccc2c(c1)OCO2. The van der Waals surface area contributed by atoms with Gasteiger partial charge in [0, 0.05) is 12.6 Å². The number of benzene rings is 1. The number of hydrogen-bond acceptors (Lipinski definition) is 4. The zero-order chi connectivity index (χ0) is 13.9. The second-order valence-electron chi connectivity index (χ2n) is 4.98. The first-order chi connectivity index (χ1) is 9.70. The van der Waals surface area contributed by atoms with Crippen molar-refractivity contribution in [1.82, 2.24) is 10.6 Å². The Morgan fingerprint density at radius 1 is 1.15 bits per heavy atom. The number of ether oxygens (including phenoxy) is 2. The second kappa shape index (κ2) is 5.40. The molecule has 0 spiro atoms.